The Balaban J connectivity index is 2.57. The topological polar surface area (TPSA) is 46.5 Å². The summed E-state index contributed by atoms with van der Waals surface area (Å²) in [4.78, 5) is 11.1. The molecule has 1 unspecified atom stereocenters. The van der Waals surface area contributed by atoms with E-state index in [1.165, 1.54) is 0 Å². The van der Waals surface area contributed by atoms with Gasteiger partial charge >= 0.3 is 5.97 Å². The maximum atomic E-state index is 11.1. The van der Waals surface area contributed by atoms with E-state index in [0.29, 0.717) is 6.61 Å². The Morgan fingerprint density at radius 1 is 1.40 bits per heavy atom. The minimum atomic E-state index is -0.773. The van der Waals surface area contributed by atoms with Crippen molar-refractivity contribution < 1.29 is 14.6 Å². The van der Waals surface area contributed by atoms with Gasteiger partial charge in [0.1, 0.15) is 0 Å². The molecule has 0 saturated carbocycles. The van der Waals surface area contributed by atoms with Crippen LogP contribution in [-0.4, -0.2) is 17.7 Å². The van der Waals surface area contributed by atoms with Crippen molar-refractivity contribution in [1.29, 1.82) is 0 Å². The van der Waals surface area contributed by atoms with Gasteiger partial charge in [-0.15, -0.1) is 0 Å². The number of esters is 1. The van der Waals surface area contributed by atoms with Gasteiger partial charge in [0.2, 0.25) is 0 Å². The van der Waals surface area contributed by atoms with Gasteiger partial charge in [0.25, 0.3) is 0 Å². The number of carbonyl (C=O) groups is 1. The molecule has 0 aliphatic heterocycles. The van der Waals surface area contributed by atoms with Gasteiger partial charge in [0, 0.05) is 0 Å². The van der Waals surface area contributed by atoms with E-state index in [2.05, 4.69) is 0 Å². The summed E-state index contributed by atoms with van der Waals surface area (Å²) in [6.07, 6.45) is -0.763. The van der Waals surface area contributed by atoms with Crippen LogP contribution in [0.25, 0.3) is 0 Å². The zero-order chi connectivity index (χ0) is 11.3. The second-order valence-corrected chi connectivity index (χ2v) is 3.44. The zero-order valence-electron chi connectivity index (χ0n) is 9.06. The van der Waals surface area contributed by atoms with Gasteiger partial charge in [0.15, 0.2) is 0 Å². The molecule has 1 rings (SSSR count). The van der Waals surface area contributed by atoms with Crippen molar-refractivity contribution in [3.05, 3.63) is 35.4 Å². The van der Waals surface area contributed by atoms with Gasteiger partial charge in [-0.3, -0.25) is 4.79 Å². The van der Waals surface area contributed by atoms with Gasteiger partial charge < -0.3 is 9.84 Å². The lowest BCUT2D eigenvalue weighted by Gasteiger charge is -2.10. The number of rotatable bonds is 4. The lowest BCUT2D eigenvalue weighted by atomic mass is 10.1. The molecule has 0 bridgehead atoms. The fraction of sp³-hybridized carbons (Fsp3) is 0.417. The quantitative estimate of drug-likeness (QED) is 0.769. The molecule has 0 radical (unpaired) electrons. The molecule has 0 aromatic heterocycles. The van der Waals surface area contributed by atoms with Crippen molar-refractivity contribution in [2.45, 2.75) is 26.4 Å². The highest BCUT2D eigenvalue weighted by Gasteiger charge is 2.13. The first-order valence-electron chi connectivity index (χ1n) is 5.03. The lowest BCUT2D eigenvalue weighted by molar-refractivity contribution is -0.145. The largest absolute Gasteiger partial charge is 0.466 e. The fourth-order valence-corrected chi connectivity index (χ4v) is 1.28. The van der Waals surface area contributed by atoms with Crippen LogP contribution >= 0.6 is 0 Å². The maximum Gasteiger partial charge on any atom is 0.308 e. The summed E-state index contributed by atoms with van der Waals surface area (Å²) in [5, 5.41) is 9.71. The van der Waals surface area contributed by atoms with Crippen LogP contribution in [0.4, 0.5) is 0 Å². The Hall–Kier alpha value is -1.35. The second-order valence-electron chi connectivity index (χ2n) is 3.44. The van der Waals surface area contributed by atoms with Crippen LogP contribution in [0.1, 0.15) is 30.6 Å². The van der Waals surface area contributed by atoms with Crippen LogP contribution in [-0.2, 0) is 9.53 Å². The maximum absolute atomic E-state index is 11.1. The SMILES string of the molecule is CCOC(=O)CC(O)c1ccc(C)cc1. The number of aryl methyl sites for hydroxylation is 1. The van der Waals surface area contributed by atoms with E-state index in [4.69, 9.17) is 4.74 Å². The lowest BCUT2D eigenvalue weighted by Crippen LogP contribution is -2.09. The average Bonchev–Trinajstić information content (AvgIpc) is 2.18. The van der Waals surface area contributed by atoms with Crippen LogP contribution in [0.2, 0.25) is 0 Å². The van der Waals surface area contributed by atoms with Gasteiger partial charge in [-0.2, -0.15) is 0 Å². The van der Waals surface area contributed by atoms with Gasteiger partial charge in [-0.1, -0.05) is 29.8 Å². The Kier molecular flexibility index (Phi) is 4.31. The predicted molar refractivity (Wildman–Crippen MR) is 57.4 cm³/mol. The molecule has 1 aromatic rings. The van der Waals surface area contributed by atoms with E-state index in [9.17, 15) is 9.90 Å². The molecule has 0 spiro atoms. The van der Waals surface area contributed by atoms with Crippen LogP contribution < -0.4 is 0 Å². The highest BCUT2D eigenvalue weighted by Crippen LogP contribution is 2.17. The van der Waals surface area contributed by atoms with Gasteiger partial charge in [0.05, 0.1) is 19.1 Å². The molecule has 0 aliphatic rings. The number of benzene rings is 1. The zero-order valence-corrected chi connectivity index (χ0v) is 9.06. The summed E-state index contributed by atoms with van der Waals surface area (Å²) in [5.41, 5.74) is 1.87. The summed E-state index contributed by atoms with van der Waals surface area (Å²) in [5.74, 6) is -0.370. The third kappa shape index (κ3) is 3.72. The molecule has 82 valence electrons. The highest BCUT2D eigenvalue weighted by molar-refractivity contribution is 5.70. The van der Waals surface area contributed by atoms with E-state index >= 15 is 0 Å². The summed E-state index contributed by atoms with van der Waals surface area (Å²) in [6, 6.07) is 7.45. The third-order valence-corrected chi connectivity index (χ3v) is 2.13. The summed E-state index contributed by atoms with van der Waals surface area (Å²) < 4.78 is 4.76. The van der Waals surface area contributed by atoms with Crippen LogP contribution in [0.3, 0.4) is 0 Å². The molecule has 1 aromatic carbocycles. The molecular weight excluding hydrogens is 192 g/mol. The molecule has 0 aliphatic carbocycles. The summed E-state index contributed by atoms with van der Waals surface area (Å²) >= 11 is 0. The Morgan fingerprint density at radius 2 is 2.00 bits per heavy atom. The number of carbonyl (C=O) groups excluding carboxylic acids is 1. The number of hydrogen-bond donors (Lipinski definition) is 1. The molecule has 0 fully saturated rings. The highest BCUT2D eigenvalue weighted by atomic mass is 16.5. The molecule has 3 heteroatoms. The third-order valence-electron chi connectivity index (χ3n) is 2.13. The van der Waals surface area contributed by atoms with E-state index in [1.807, 2.05) is 31.2 Å². The molecule has 0 amide bonds. The molecular formula is C12H16O3. The Morgan fingerprint density at radius 3 is 2.53 bits per heavy atom. The molecule has 0 saturated heterocycles. The van der Waals surface area contributed by atoms with Crippen LogP contribution in [0.15, 0.2) is 24.3 Å². The average molecular weight is 208 g/mol. The number of aliphatic hydroxyl groups is 1. The van der Waals surface area contributed by atoms with Gasteiger partial charge in [-0.25, -0.2) is 0 Å². The number of hydrogen-bond acceptors (Lipinski definition) is 3. The predicted octanol–water partition coefficient (Wildman–Crippen LogP) is 1.98. The smallest absolute Gasteiger partial charge is 0.308 e. The second kappa shape index (κ2) is 5.51. The minimum absolute atomic E-state index is 0.0108. The molecule has 15 heavy (non-hydrogen) atoms. The molecule has 0 heterocycles. The standard InChI is InChI=1S/C12H16O3/c1-3-15-12(14)8-11(13)10-6-4-9(2)5-7-10/h4-7,11,13H,3,8H2,1-2H3. The molecule has 1 atom stereocenters. The van der Waals surface area contributed by atoms with E-state index in [0.717, 1.165) is 11.1 Å². The van der Waals surface area contributed by atoms with Crippen molar-refractivity contribution in [3.63, 3.8) is 0 Å². The number of aliphatic hydroxyl groups excluding tert-OH is 1. The summed E-state index contributed by atoms with van der Waals surface area (Å²) in [7, 11) is 0. The van der Waals surface area contributed by atoms with Crippen molar-refractivity contribution in [3.8, 4) is 0 Å². The van der Waals surface area contributed by atoms with Crippen molar-refractivity contribution >= 4 is 5.97 Å². The molecule has 1 N–H and O–H groups in total. The monoisotopic (exact) mass is 208 g/mol. The van der Waals surface area contributed by atoms with Crippen molar-refractivity contribution in [2.24, 2.45) is 0 Å². The van der Waals surface area contributed by atoms with E-state index < -0.39 is 6.10 Å². The van der Waals surface area contributed by atoms with Gasteiger partial charge in [-0.05, 0) is 19.4 Å². The van der Waals surface area contributed by atoms with Crippen molar-refractivity contribution in [2.75, 3.05) is 6.61 Å². The Bertz CT molecular complexity index is 316. The number of ether oxygens (including phenoxy) is 1. The van der Waals surface area contributed by atoms with E-state index in [1.54, 1.807) is 6.92 Å². The Labute approximate surface area is 89.7 Å². The van der Waals surface area contributed by atoms with E-state index in [-0.39, 0.29) is 12.4 Å². The summed E-state index contributed by atoms with van der Waals surface area (Å²) in [6.45, 7) is 4.07. The minimum Gasteiger partial charge on any atom is -0.466 e. The molecule has 3 nitrogen and oxygen atoms in total. The normalized spacial score (nSPS) is 12.2. The first kappa shape index (κ1) is 11.7. The van der Waals surface area contributed by atoms with Crippen molar-refractivity contribution in [1.82, 2.24) is 0 Å². The van der Waals surface area contributed by atoms with Crippen LogP contribution in [0.5, 0.6) is 0 Å². The first-order chi connectivity index (χ1) is 7.13. The fourth-order valence-electron chi connectivity index (χ4n) is 1.28. The first-order valence-corrected chi connectivity index (χ1v) is 5.03. The van der Waals surface area contributed by atoms with Crippen LogP contribution in [0, 0.1) is 6.92 Å².